The summed E-state index contributed by atoms with van der Waals surface area (Å²) in [6.45, 7) is 3.50. The molecule has 0 radical (unpaired) electrons. The Hall–Kier alpha value is -0.640. The first-order chi connectivity index (χ1) is 4.90. The fraction of sp³-hybridized carbons (Fsp3) is 0.714. The van der Waals surface area contributed by atoms with E-state index in [1.807, 2.05) is 0 Å². The smallest absolute Gasteiger partial charge is 0.311 e. The summed E-state index contributed by atoms with van der Waals surface area (Å²) < 4.78 is 4.56. The number of carbonyl (C=O) groups excluding carboxylic acids is 1. The summed E-state index contributed by atoms with van der Waals surface area (Å²) in [4.78, 5) is 11.4. The van der Waals surface area contributed by atoms with Crippen molar-refractivity contribution in [1.82, 2.24) is 0 Å². The van der Waals surface area contributed by atoms with Crippen molar-refractivity contribution in [2.75, 3.05) is 7.11 Å². The largest absolute Gasteiger partial charge is 0.469 e. The van der Waals surface area contributed by atoms with Gasteiger partial charge in [-0.15, -0.1) is 0 Å². The van der Waals surface area contributed by atoms with Gasteiger partial charge in [0.1, 0.15) is 0 Å². The predicted molar refractivity (Wildman–Crippen MR) is 47.2 cm³/mol. The quantitative estimate of drug-likeness (QED) is 0.510. The summed E-state index contributed by atoms with van der Waals surface area (Å²) in [5.74, 6) is -0.287. The molecule has 0 aromatic heterocycles. The number of hydrogen-bond donors (Lipinski definition) is 1. The number of ether oxygens (including phenoxy) is 1. The van der Waals surface area contributed by atoms with Crippen LogP contribution >= 0.6 is 12.2 Å². The van der Waals surface area contributed by atoms with Crippen molar-refractivity contribution in [1.29, 1.82) is 0 Å². The molecule has 64 valence electrons. The Morgan fingerprint density at radius 1 is 1.64 bits per heavy atom. The minimum atomic E-state index is -0.597. The molecule has 0 atom stereocenters. The van der Waals surface area contributed by atoms with Crippen LogP contribution in [0.1, 0.15) is 20.3 Å². The van der Waals surface area contributed by atoms with Gasteiger partial charge in [0.15, 0.2) is 0 Å². The summed E-state index contributed by atoms with van der Waals surface area (Å²) in [6.07, 6.45) is 0.384. The molecule has 0 saturated heterocycles. The van der Waals surface area contributed by atoms with Crippen molar-refractivity contribution in [3.8, 4) is 0 Å². The highest BCUT2D eigenvalue weighted by Crippen LogP contribution is 2.21. The van der Waals surface area contributed by atoms with E-state index >= 15 is 0 Å². The van der Waals surface area contributed by atoms with E-state index in [1.54, 1.807) is 13.8 Å². The zero-order valence-corrected chi connectivity index (χ0v) is 7.83. The molecule has 3 nitrogen and oxygen atoms in total. The van der Waals surface area contributed by atoms with Crippen molar-refractivity contribution < 1.29 is 9.53 Å². The van der Waals surface area contributed by atoms with Gasteiger partial charge in [-0.05, 0) is 13.8 Å². The van der Waals surface area contributed by atoms with Gasteiger partial charge in [-0.25, -0.2) is 0 Å². The molecule has 0 aliphatic carbocycles. The first-order valence-electron chi connectivity index (χ1n) is 3.27. The molecular formula is C7H13NO2S. The molecule has 0 fully saturated rings. The maximum Gasteiger partial charge on any atom is 0.311 e. The molecule has 0 aliphatic heterocycles. The summed E-state index contributed by atoms with van der Waals surface area (Å²) in [7, 11) is 1.35. The molecular weight excluding hydrogens is 162 g/mol. The molecule has 0 amide bonds. The van der Waals surface area contributed by atoms with Gasteiger partial charge in [-0.2, -0.15) is 0 Å². The number of thiocarbonyl (C=S) groups is 1. The van der Waals surface area contributed by atoms with E-state index in [0.717, 1.165) is 0 Å². The van der Waals surface area contributed by atoms with Gasteiger partial charge < -0.3 is 10.5 Å². The Morgan fingerprint density at radius 2 is 2.09 bits per heavy atom. The Labute approximate surface area is 71.9 Å². The van der Waals surface area contributed by atoms with Crippen LogP contribution in [0.3, 0.4) is 0 Å². The average Bonchev–Trinajstić information content (AvgIpc) is 1.83. The van der Waals surface area contributed by atoms with Crippen LogP contribution in [0.4, 0.5) is 0 Å². The molecule has 0 heterocycles. The highest BCUT2D eigenvalue weighted by atomic mass is 32.1. The monoisotopic (exact) mass is 175 g/mol. The molecule has 2 N–H and O–H groups in total. The second-order valence-corrected chi connectivity index (χ2v) is 3.54. The lowest BCUT2D eigenvalue weighted by Crippen LogP contribution is -2.30. The minimum Gasteiger partial charge on any atom is -0.469 e. The van der Waals surface area contributed by atoms with Crippen molar-refractivity contribution in [3.05, 3.63) is 0 Å². The Bertz CT molecular complexity index is 177. The predicted octanol–water partition coefficient (Wildman–Crippen LogP) is 0.862. The molecule has 0 aliphatic rings. The molecule has 0 saturated carbocycles. The van der Waals surface area contributed by atoms with E-state index in [1.165, 1.54) is 7.11 Å². The van der Waals surface area contributed by atoms with E-state index in [4.69, 9.17) is 5.73 Å². The fourth-order valence-electron chi connectivity index (χ4n) is 0.784. The molecule has 0 bridgehead atoms. The number of carbonyl (C=O) groups is 1. The molecule has 0 spiro atoms. The molecule has 0 unspecified atom stereocenters. The van der Waals surface area contributed by atoms with Gasteiger partial charge in [0.05, 0.1) is 17.5 Å². The molecule has 11 heavy (non-hydrogen) atoms. The van der Waals surface area contributed by atoms with Crippen LogP contribution in [0.5, 0.6) is 0 Å². The SMILES string of the molecule is COC(=O)C(C)(C)CC(N)=S. The standard InChI is InChI=1S/C7H13NO2S/c1-7(2,4-5(8)11)6(9)10-3/h4H2,1-3H3,(H2,8,11). The topological polar surface area (TPSA) is 52.3 Å². The van der Waals surface area contributed by atoms with E-state index in [0.29, 0.717) is 11.4 Å². The van der Waals surface area contributed by atoms with E-state index in [2.05, 4.69) is 17.0 Å². The molecule has 0 aromatic rings. The van der Waals surface area contributed by atoms with Gasteiger partial charge >= 0.3 is 5.97 Å². The molecule has 0 aromatic carbocycles. The number of hydrogen-bond acceptors (Lipinski definition) is 3. The van der Waals surface area contributed by atoms with Crippen LogP contribution in [0.25, 0.3) is 0 Å². The third-order valence-corrected chi connectivity index (χ3v) is 1.50. The maximum absolute atomic E-state index is 11.0. The van der Waals surface area contributed by atoms with Crippen LogP contribution in [0, 0.1) is 5.41 Å². The van der Waals surface area contributed by atoms with Gasteiger partial charge in [-0.3, -0.25) is 4.79 Å². The second kappa shape index (κ2) is 3.67. The lowest BCUT2D eigenvalue weighted by molar-refractivity contribution is -0.150. The Morgan fingerprint density at radius 3 is 2.36 bits per heavy atom. The number of nitrogens with two attached hydrogens (primary N) is 1. The first kappa shape index (κ1) is 10.4. The van der Waals surface area contributed by atoms with Gasteiger partial charge in [0, 0.05) is 6.42 Å². The Balaban J connectivity index is 4.21. The van der Waals surface area contributed by atoms with Crippen LogP contribution in [-0.4, -0.2) is 18.1 Å². The second-order valence-electron chi connectivity index (χ2n) is 3.02. The summed E-state index contributed by atoms with van der Waals surface area (Å²) in [5.41, 5.74) is 4.70. The average molecular weight is 175 g/mol. The van der Waals surface area contributed by atoms with Gasteiger partial charge in [0.2, 0.25) is 0 Å². The van der Waals surface area contributed by atoms with E-state index < -0.39 is 5.41 Å². The van der Waals surface area contributed by atoms with Crippen LogP contribution in [0.2, 0.25) is 0 Å². The third kappa shape index (κ3) is 3.32. The summed E-state index contributed by atoms with van der Waals surface area (Å²) in [5, 5.41) is 0. The van der Waals surface area contributed by atoms with Crippen molar-refractivity contribution in [2.24, 2.45) is 11.1 Å². The highest BCUT2D eigenvalue weighted by Gasteiger charge is 2.29. The highest BCUT2D eigenvalue weighted by molar-refractivity contribution is 7.80. The van der Waals surface area contributed by atoms with E-state index in [-0.39, 0.29) is 5.97 Å². The van der Waals surface area contributed by atoms with Crippen molar-refractivity contribution >= 4 is 23.2 Å². The first-order valence-corrected chi connectivity index (χ1v) is 3.67. The van der Waals surface area contributed by atoms with Crippen molar-refractivity contribution in [2.45, 2.75) is 20.3 Å². The normalized spacial score (nSPS) is 10.8. The third-order valence-electron chi connectivity index (χ3n) is 1.35. The zero-order chi connectivity index (χ0) is 9.07. The van der Waals surface area contributed by atoms with E-state index in [9.17, 15) is 4.79 Å². The summed E-state index contributed by atoms with van der Waals surface area (Å²) >= 11 is 4.68. The minimum absolute atomic E-state index is 0.287. The molecule has 4 heteroatoms. The Kier molecular flexibility index (Phi) is 3.45. The molecule has 0 rings (SSSR count). The van der Waals surface area contributed by atoms with Gasteiger partial charge in [-0.1, -0.05) is 12.2 Å². The summed E-state index contributed by atoms with van der Waals surface area (Å²) in [6, 6.07) is 0. The zero-order valence-electron chi connectivity index (χ0n) is 7.01. The number of rotatable bonds is 3. The van der Waals surface area contributed by atoms with Crippen LogP contribution < -0.4 is 5.73 Å². The lowest BCUT2D eigenvalue weighted by atomic mass is 9.90. The number of esters is 1. The number of methoxy groups -OCH3 is 1. The van der Waals surface area contributed by atoms with Crippen LogP contribution in [0.15, 0.2) is 0 Å². The van der Waals surface area contributed by atoms with Crippen LogP contribution in [-0.2, 0) is 9.53 Å². The van der Waals surface area contributed by atoms with Gasteiger partial charge in [0.25, 0.3) is 0 Å². The maximum atomic E-state index is 11.0. The van der Waals surface area contributed by atoms with Crippen molar-refractivity contribution in [3.63, 3.8) is 0 Å². The lowest BCUT2D eigenvalue weighted by Gasteiger charge is -2.19. The fourth-order valence-corrected chi connectivity index (χ4v) is 1.14.